The van der Waals surface area contributed by atoms with Gasteiger partial charge < -0.3 is 4.18 Å². The Kier molecular flexibility index (Phi) is 4.95. The predicted octanol–water partition coefficient (Wildman–Crippen LogP) is 4.80. The Balaban J connectivity index is 2.59. The minimum absolute atomic E-state index is 0.331. The molecule has 0 aliphatic heterocycles. The highest BCUT2D eigenvalue weighted by Gasteiger charge is 2.48. The van der Waals surface area contributed by atoms with E-state index in [1.807, 2.05) is 18.2 Å². The van der Waals surface area contributed by atoms with E-state index in [2.05, 4.69) is 26.8 Å². The van der Waals surface area contributed by atoms with Gasteiger partial charge in [0.05, 0.1) is 0 Å². The molecule has 0 atom stereocenters. The fourth-order valence-electron chi connectivity index (χ4n) is 2.16. The summed E-state index contributed by atoms with van der Waals surface area (Å²) in [4.78, 5) is 0. The molecule has 2 rings (SSSR count). The van der Waals surface area contributed by atoms with Crippen LogP contribution >= 0.6 is 22.6 Å². The van der Waals surface area contributed by atoms with Gasteiger partial charge in [0, 0.05) is 9.13 Å². The van der Waals surface area contributed by atoms with Crippen LogP contribution in [-0.2, 0) is 10.1 Å². The zero-order valence-corrected chi connectivity index (χ0v) is 15.1. The lowest BCUT2D eigenvalue weighted by atomic mass is 9.95. The molecule has 0 bridgehead atoms. The van der Waals surface area contributed by atoms with Crippen molar-refractivity contribution in [3.05, 3.63) is 51.1 Å². The molecular weight excluding hydrogens is 444 g/mol. The van der Waals surface area contributed by atoms with Gasteiger partial charge in [-0.25, -0.2) is 0 Å². The Bertz CT molecular complexity index is 846. The van der Waals surface area contributed by atoms with Crippen molar-refractivity contribution in [3.8, 4) is 16.9 Å². The van der Waals surface area contributed by atoms with E-state index in [1.54, 1.807) is 13.0 Å². The molecule has 0 spiro atoms. The normalized spacial score (nSPS) is 12.3. The molecule has 0 fully saturated rings. The standard InChI is InChI=1S/C15H12F3IO3S/c1-9-7-8-13(22-23(20,21)15(16,17)18)10(2)14(9)11-5-3-4-6-12(11)19/h3-8H,1-2H3. The number of hydrogen-bond acceptors (Lipinski definition) is 3. The fraction of sp³-hybridized carbons (Fsp3) is 0.200. The predicted molar refractivity (Wildman–Crippen MR) is 89.7 cm³/mol. The molecule has 0 saturated heterocycles. The van der Waals surface area contributed by atoms with E-state index >= 15 is 0 Å². The lowest BCUT2D eigenvalue weighted by molar-refractivity contribution is -0.0500. The Hall–Kier alpha value is -1.29. The van der Waals surface area contributed by atoms with Gasteiger partial charge in [0.25, 0.3) is 0 Å². The van der Waals surface area contributed by atoms with Gasteiger partial charge in [-0.2, -0.15) is 21.6 Å². The second-order valence-corrected chi connectivity index (χ2v) is 7.54. The monoisotopic (exact) mass is 456 g/mol. The molecule has 0 aliphatic rings. The first-order chi connectivity index (χ1) is 10.5. The fourth-order valence-corrected chi connectivity index (χ4v) is 3.33. The van der Waals surface area contributed by atoms with Crippen LogP contribution in [0.2, 0.25) is 0 Å². The summed E-state index contributed by atoms with van der Waals surface area (Å²) in [5, 5.41) is 0. The third-order valence-electron chi connectivity index (χ3n) is 3.25. The number of rotatable bonds is 3. The lowest BCUT2D eigenvalue weighted by Gasteiger charge is -2.17. The van der Waals surface area contributed by atoms with Crippen molar-refractivity contribution in [2.45, 2.75) is 19.4 Å². The Morgan fingerprint density at radius 2 is 1.65 bits per heavy atom. The molecule has 2 aromatic rings. The van der Waals surface area contributed by atoms with E-state index in [0.717, 1.165) is 14.7 Å². The number of benzene rings is 2. The molecule has 2 aromatic carbocycles. The molecule has 124 valence electrons. The maximum atomic E-state index is 12.5. The minimum Gasteiger partial charge on any atom is -0.376 e. The largest absolute Gasteiger partial charge is 0.534 e. The molecule has 23 heavy (non-hydrogen) atoms. The first-order valence-electron chi connectivity index (χ1n) is 6.40. The maximum absolute atomic E-state index is 12.5. The second kappa shape index (κ2) is 6.31. The van der Waals surface area contributed by atoms with Gasteiger partial charge in [-0.05, 0) is 65.3 Å². The van der Waals surface area contributed by atoms with Gasteiger partial charge in [0.2, 0.25) is 0 Å². The third kappa shape index (κ3) is 3.63. The molecular formula is C15H12F3IO3S. The summed E-state index contributed by atoms with van der Waals surface area (Å²) in [6.07, 6.45) is 0. The molecule has 0 radical (unpaired) electrons. The van der Waals surface area contributed by atoms with Crippen molar-refractivity contribution in [1.82, 2.24) is 0 Å². The summed E-state index contributed by atoms with van der Waals surface area (Å²) in [6.45, 7) is 3.33. The number of halogens is 4. The van der Waals surface area contributed by atoms with Crippen molar-refractivity contribution >= 4 is 32.7 Å². The van der Waals surface area contributed by atoms with E-state index < -0.39 is 15.6 Å². The molecule has 0 saturated carbocycles. The van der Waals surface area contributed by atoms with Gasteiger partial charge in [-0.1, -0.05) is 24.3 Å². The van der Waals surface area contributed by atoms with Crippen molar-refractivity contribution in [3.63, 3.8) is 0 Å². The van der Waals surface area contributed by atoms with E-state index in [1.165, 1.54) is 19.1 Å². The smallest absolute Gasteiger partial charge is 0.376 e. The van der Waals surface area contributed by atoms with Crippen molar-refractivity contribution < 1.29 is 25.8 Å². The molecule has 0 N–H and O–H groups in total. The summed E-state index contributed by atoms with van der Waals surface area (Å²) in [5.74, 6) is -0.331. The molecule has 8 heteroatoms. The Labute approximate surface area is 145 Å². The number of aryl methyl sites for hydroxylation is 1. The van der Waals surface area contributed by atoms with Crippen LogP contribution in [-0.4, -0.2) is 13.9 Å². The zero-order chi connectivity index (χ0) is 17.4. The minimum atomic E-state index is -5.70. The van der Waals surface area contributed by atoms with E-state index in [9.17, 15) is 21.6 Å². The molecule has 0 heterocycles. The van der Waals surface area contributed by atoms with Crippen LogP contribution in [0.4, 0.5) is 13.2 Å². The van der Waals surface area contributed by atoms with Crippen LogP contribution in [0.3, 0.4) is 0 Å². The summed E-state index contributed by atoms with van der Waals surface area (Å²) in [7, 11) is -5.70. The Morgan fingerprint density at radius 1 is 1.04 bits per heavy atom. The lowest BCUT2D eigenvalue weighted by Crippen LogP contribution is -2.28. The molecule has 0 aliphatic carbocycles. The third-order valence-corrected chi connectivity index (χ3v) is 5.16. The maximum Gasteiger partial charge on any atom is 0.534 e. The summed E-state index contributed by atoms with van der Waals surface area (Å²) >= 11 is 2.11. The van der Waals surface area contributed by atoms with Gasteiger partial charge >= 0.3 is 15.6 Å². The van der Waals surface area contributed by atoms with E-state index in [0.29, 0.717) is 11.1 Å². The van der Waals surface area contributed by atoms with Gasteiger partial charge in [0.15, 0.2) is 0 Å². The number of hydrogen-bond donors (Lipinski definition) is 0. The quantitative estimate of drug-likeness (QED) is 0.379. The highest BCUT2D eigenvalue weighted by atomic mass is 127. The van der Waals surface area contributed by atoms with E-state index in [4.69, 9.17) is 0 Å². The van der Waals surface area contributed by atoms with Crippen LogP contribution < -0.4 is 4.18 Å². The SMILES string of the molecule is Cc1ccc(OS(=O)(=O)C(F)(F)F)c(C)c1-c1ccccc1I. The highest BCUT2D eigenvalue weighted by Crippen LogP contribution is 2.37. The van der Waals surface area contributed by atoms with Crippen LogP contribution in [0.25, 0.3) is 11.1 Å². The highest BCUT2D eigenvalue weighted by molar-refractivity contribution is 14.1. The van der Waals surface area contributed by atoms with Crippen LogP contribution in [0.5, 0.6) is 5.75 Å². The Morgan fingerprint density at radius 3 is 2.22 bits per heavy atom. The van der Waals surface area contributed by atoms with E-state index in [-0.39, 0.29) is 5.75 Å². The van der Waals surface area contributed by atoms with Gasteiger partial charge in [0.1, 0.15) is 5.75 Å². The van der Waals surface area contributed by atoms with Crippen molar-refractivity contribution in [1.29, 1.82) is 0 Å². The van der Waals surface area contributed by atoms with Crippen molar-refractivity contribution in [2.75, 3.05) is 0 Å². The molecule has 0 unspecified atom stereocenters. The zero-order valence-electron chi connectivity index (χ0n) is 12.1. The van der Waals surface area contributed by atoms with Crippen molar-refractivity contribution in [2.24, 2.45) is 0 Å². The summed E-state index contributed by atoms with van der Waals surface area (Å²) < 4.78 is 65.2. The average Bonchev–Trinajstić information content (AvgIpc) is 2.43. The second-order valence-electron chi connectivity index (χ2n) is 4.84. The van der Waals surface area contributed by atoms with Gasteiger partial charge in [-0.3, -0.25) is 0 Å². The van der Waals surface area contributed by atoms with Crippen LogP contribution in [0.15, 0.2) is 36.4 Å². The first kappa shape index (κ1) is 18.1. The summed E-state index contributed by atoms with van der Waals surface area (Å²) in [6, 6.07) is 10.1. The molecule has 3 nitrogen and oxygen atoms in total. The first-order valence-corrected chi connectivity index (χ1v) is 8.89. The topological polar surface area (TPSA) is 43.4 Å². The average molecular weight is 456 g/mol. The molecule has 0 amide bonds. The molecule has 0 aromatic heterocycles. The summed E-state index contributed by atoms with van der Waals surface area (Å²) in [5.41, 5.74) is -2.86. The van der Waals surface area contributed by atoms with Gasteiger partial charge in [-0.15, -0.1) is 0 Å². The van der Waals surface area contributed by atoms with Crippen LogP contribution in [0.1, 0.15) is 11.1 Å². The van der Waals surface area contributed by atoms with Crippen LogP contribution in [0, 0.1) is 17.4 Å². The number of alkyl halides is 3.